The van der Waals surface area contributed by atoms with Gasteiger partial charge in [-0.2, -0.15) is 4.39 Å². The van der Waals surface area contributed by atoms with Gasteiger partial charge in [-0.3, -0.25) is 4.79 Å². The molecular weight excluding hydrogens is 223 g/mol. The second kappa shape index (κ2) is 5.23. The first-order valence-corrected chi connectivity index (χ1v) is 5.75. The van der Waals surface area contributed by atoms with Gasteiger partial charge in [-0.25, -0.2) is 4.98 Å². The van der Waals surface area contributed by atoms with Crippen molar-refractivity contribution in [3.05, 3.63) is 29.8 Å². The molecule has 17 heavy (non-hydrogen) atoms. The minimum absolute atomic E-state index is 0.0300. The summed E-state index contributed by atoms with van der Waals surface area (Å²) in [5.41, 5.74) is 0.0774. The van der Waals surface area contributed by atoms with Crippen LogP contribution in [-0.2, 0) is 0 Å². The number of aliphatic hydroxyl groups excluding tert-OH is 1. The number of hydrogen-bond acceptors (Lipinski definition) is 3. The zero-order chi connectivity index (χ0) is 12.3. The van der Waals surface area contributed by atoms with Crippen LogP contribution in [-0.4, -0.2) is 28.6 Å². The van der Waals surface area contributed by atoms with Crippen molar-refractivity contribution in [2.24, 2.45) is 5.92 Å². The lowest BCUT2D eigenvalue weighted by molar-refractivity contribution is 0.0910. The summed E-state index contributed by atoms with van der Waals surface area (Å²) in [5, 5.41) is 11.9. The predicted octanol–water partition coefficient (Wildman–Crippen LogP) is 1.11. The highest BCUT2D eigenvalue weighted by atomic mass is 19.1. The molecule has 92 valence electrons. The van der Waals surface area contributed by atoms with E-state index < -0.39 is 5.95 Å². The van der Waals surface area contributed by atoms with Crippen molar-refractivity contribution >= 4 is 5.91 Å². The fourth-order valence-corrected chi connectivity index (χ4v) is 2.22. The van der Waals surface area contributed by atoms with Gasteiger partial charge in [-0.15, -0.1) is 0 Å². The van der Waals surface area contributed by atoms with E-state index in [1.807, 2.05) is 0 Å². The molecule has 0 bridgehead atoms. The van der Waals surface area contributed by atoms with Crippen LogP contribution in [0.15, 0.2) is 18.2 Å². The van der Waals surface area contributed by atoms with E-state index in [1.165, 1.54) is 18.2 Å². The van der Waals surface area contributed by atoms with E-state index in [9.17, 15) is 9.18 Å². The first-order chi connectivity index (χ1) is 8.20. The number of carbonyl (C=O) groups is 1. The Morgan fingerprint density at radius 1 is 1.53 bits per heavy atom. The summed E-state index contributed by atoms with van der Waals surface area (Å²) >= 11 is 0. The zero-order valence-electron chi connectivity index (χ0n) is 9.40. The number of halogens is 1. The maximum Gasteiger partial charge on any atom is 0.270 e. The molecule has 1 aliphatic rings. The highest BCUT2D eigenvalue weighted by molar-refractivity contribution is 5.92. The molecule has 1 saturated carbocycles. The van der Waals surface area contributed by atoms with Crippen LogP contribution in [0.3, 0.4) is 0 Å². The molecule has 1 aromatic heterocycles. The van der Waals surface area contributed by atoms with Crippen LogP contribution in [0.25, 0.3) is 0 Å². The smallest absolute Gasteiger partial charge is 0.270 e. The van der Waals surface area contributed by atoms with Gasteiger partial charge in [0, 0.05) is 18.6 Å². The highest BCUT2D eigenvalue weighted by Crippen LogP contribution is 2.25. The molecule has 5 heteroatoms. The third-order valence-electron chi connectivity index (χ3n) is 3.16. The van der Waals surface area contributed by atoms with Crippen molar-refractivity contribution in [2.45, 2.75) is 25.3 Å². The number of amides is 1. The Labute approximate surface area is 98.9 Å². The van der Waals surface area contributed by atoms with Crippen LogP contribution in [0.5, 0.6) is 0 Å². The SMILES string of the molecule is O=C(NC1CCCC1CO)c1cccc(F)n1. The molecule has 0 aromatic carbocycles. The van der Waals surface area contributed by atoms with E-state index in [0.717, 1.165) is 19.3 Å². The van der Waals surface area contributed by atoms with Crippen molar-refractivity contribution in [3.8, 4) is 0 Å². The molecule has 2 unspecified atom stereocenters. The quantitative estimate of drug-likeness (QED) is 0.775. The van der Waals surface area contributed by atoms with E-state index in [1.54, 1.807) is 0 Å². The van der Waals surface area contributed by atoms with Gasteiger partial charge in [0.2, 0.25) is 5.95 Å². The molecule has 1 aromatic rings. The predicted molar refractivity (Wildman–Crippen MR) is 59.9 cm³/mol. The summed E-state index contributed by atoms with van der Waals surface area (Å²) in [6, 6.07) is 4.09. The second-order valence-electron chi connectivity index (χ2n) is 4.30. The molecular formula is C12H15FN2O2. The Morgan fingerprint density at radius 2 is 2.35 bits per heavy atom. The molecule has 1 amide bonds. The monoisotopic (exact) mass is 238 g/mol. The van der Waals surface area contributed by atoms with Gasteiger partial charge in [0.25, 0.3) is 5.91 Å². The van der Waals surface area contributed by atoms with Crippen molar-refractivity contribution in [1.82, 2.24) is 10.3 Å². The van der Waals surface area contributed by atoms with Crippen LogP contribution in [0, 0.1) is 11.9 Å². The summed E-state index contributed by atoms with van der Waals surface area (Å²) in [6.07, 6.45) is 2.76. The molecule has 1 aliphatic carbocycles. The molecule has 2 rings (SSSR count). The topological polar surface area (TPSA) is 62.2 Å². The highest BCUT2D eigenvalue weighted by Gasteiger charge is 2.28. The van der Waals surface area contributed by atoms with Crippen LogP contribution >= 0.6 is 0 Å². The average Bonchev–Trinajstić information content (AvgIpc) is 2.76. The third-order valence-corrected chi connectivity index (χ3v) is 3.16. The molecule has 2 atom stereocenters. The van der Waals surface area contributed by atoms with Gasteiger partial charge >= 0.3 is 0 Å². The maximum atomic E-state index is 12.9. The van der Waals surface area contributed by atoms with E-state index in [0.29, 0.717) is 0 Å². The minimum atomic E-state index is -0.664. The zero-order valence-corrected chi connectivity index (χ0v) is 9.40. The lowest BCUT2D eigenvalue weighted by Gasteiger charge is -2.18. The molecule has 0 spiro atoms. The number of nitrogens with one attached hydrogen (secondary N) is 1. The molecule has 0 aliphatic heterocycles. The lowest BCUT2D eigenvalue weighted by Crippen LogP contribution is -2.38. The number of aliphatic hydroxyl groups is 1. The van der Waals surface area contributed by atoms with Gasteiger partial charge in [0.15, 0.2) is 0 Å². The van der Waals surface area contributed by atoms with E-state index in [2.05, 4.69) is 10.3 Å². The first-order valence-electron chi connectivity index (χ1n) is 5.75. The van der Waals surface area contributed by atoms with Gasteiger partial charge in [-0.1, -0.05) is 12.5 Å². The van der Waals surface area contributed by atoms with Gasteiger partial charge in [0.05, 0.1) is 0 Å². The molecule has 1 heterocycles. The second-order valence-corrected chi connectivity index (χ2v) is 4.30. The normalized spacial score (nSPS) is 23.6. The lowest BCUT2D eigenvalue weighted by atomic mass is 10.1. The summed E-state index contributed by atoms with van der Waals surface area (Å²) in [4.78, 5) is 15.3. The third kappa shape index (κ3) is 2.79. The number of pyridine rings is 1. The summed E-state index contributed by atoms with van der Waals surface area (Å²) in [5.74, 6) is -0.940. The number of rotatable bonds is 3. The van der Waals surface area contributed by atoms with E-state index in [-0.39, 0.29) is 30.2 Å². The van der Waals surface area contributed by atoms with Crippen LogP contribution in [0.4, 0.5) is 4.39 Å². The number of hydrogen-bond donors (Lipinski definition) is 2. The number of nitrogens with zero attached hydrogens (tertiary/aromatic N) is 1. The standard InChI is InChI=1S/C12H15FN2O2/c13-11-6-2-5-10(14-11)12(17)15-9-4-1-3-8(9)7-16/h2,5-6,8-9,16H,1,3-4,7H2,(H,15,17). The van der Waals surface area contributed by atoms with Crippen LogP contribution < -0.4 is 5.32 Å². The summed E-state index contributed by atoms with van der Waals surface area (Å²) in [7, 11) is 0. The summed E-state index contributed by atoms with van der Waals surface area (Å²) in [6.45, 7) is 0.0710. The average molecular weight is 238 g/mol. The Bertz CT molecular complexity index is 411. The minimum Gasteiger partial charge on any atom is -0.396 e. The Balaban J connectivity index is 2.01. The Morgan fingerprint density at radius 3 is 3.06 bits per heavy atom. The Kier molecular flexibility index (Phi) is 3.68. The van der Waals surface area contributed by atoms with Crippen molar-refractivity contribution in [1.29, 1.82) is 0 Å². The van der Waals surface area contributed by atoms with Crippen molar-refractivity contribution in [2.75, 3.05) is 6.61 Å². The number of aromatic nitrogens is 1. The van der Waals surface area contributed by atoms with Gasteiger partial charge in [-0.05, 0) is 25.0 Å². The number of carbonyl (C=O) groups excluding carboxylic acids is 1. The molecule has 1 fully saturated rings. The van der Waals surface area contributed by atoms with Crippen molar-refractivity contribution < 1.29 is 14.3 Å². The van der Waals surface area contributed by atoms with E-state index in [4.69, 9.17) is 5.11 Å². The Hall–Kier alpha value is -1.49. The van der Waals surface area contributed by atoms with Gasteiger partial charge in [0.1, 0.15) is 5.69 Å². The van der Waals surface area contributed by atoms with E-state index >= 15 is 0 Å². The van der Waals surface area contributed by atoms with Gasteiger partial charge < -0.3 is 10.4 Å². The fourth-order valence-electron chi connectivity index (χ4n) is 2.22. The fraction of sp³-hybridized carbons (Fsp3) is 0.500. The summed E-state index contributed by atoms with van der Waals surface area (Å²) < 4.78 is 12.9. The van der Waals surface area contributed by atoms with Crippen LogP contribution in [0.2, 0.25) is 0 Å². The van der Waals surface area contributed by atoms with Crippen LogP contribution in [0.1, 0.15) is 29.8 Å². The molecule has 4 nitrogen and oxygen atoms in total. The molecule has 0 radical (unpaired) electrons. The molecule has 0 saturated heterocycles. The first kappa shape index (κ1) is 12.0. The molecule has 2 N–H and O–H groups in total. The van der Waals surface area contributed by atoms with Crippen molar-refractivity contribution in [3.63, 3.8) is 0 Å². The largest absolute Gasteiger partial charge is 0.396 e. The maximum absolute atomic E-state index is 12.9.